The highest BCUT2D eigenvalue weighted by Crippen LogP contribution is 2.27. The first-order valence-electron chi connectivity index (χ1n) is 12.1. The Balaban J connectivity index is 1.99. The second kappa shape index (κ2) is 12.6. The van der Waals surface area contributed by atoms with Crippen molar-refractivity contribution in [2.75, 3.05) is 52.9 Å². The van der Waals surface area contributed by atoms with E-state index in [1.165, 1.54) is 30.2 Å². The minimum absolute atomic E-state index is 0.0292. The van der Waals surface area contributed by atoms with Crippen molar-refractivity contribution in [1.82, 2.24) is 9.80 Å². The molecule has 0 saturated heterocycles. The van der Waals surface area contributed by atoms with E-state index >= 15 is 0 Å². The number of ether oxygens (including phenoxy) is 3. The lowest BCUT2D eigenvalue weighted by Crippen LogP contribution is -2.48. The molecule has 0 spiro atoms. The number of nitrogens with one attached hydrogen (secondary N) is 1. The molecule has 3 atom stereocenters. The largest absolute Gasteiger partial charge is 0.491 e. The number of rotatable bonds is 5. The average molecular weight is 516 g/mol. The number of hydrogen-bond acceptors (Lipinski definition) is 6. The molecule has 0 aliphatic carbocycles. The number of methoxy groups -OCH3 is 2. The lowest BCUT2D eigenvalue weighted by molar-refractivity contribution is -0.119. The Morgan fingerprint density at radius 2 is 1.86 bits per heavy atom. The summed E-state index contributed by atoms with van der Waals surface area (Å²) in [6, 6.07) is 10.1. The fraction of sp³-hybridized carbons (Fsp3) is 0.444. The average Bonchev–Trinajstić information content (AvgIpc) is 2.87. The summed E-state index contributed by atoms with van der Waals surface area (Å²) in [5.41, 5.74) is 0.701. The van der Waals surface area contributed by atoms with E-state index in [-0.39, 0.29) is 61.5 Å². The number of carbonyl (C=O) groups excluding carboxylic acids is 3. The molecule has 3 rings (SSSR count). The monoisotopic (exact) mass is 515 g/mol. The molecule has 1 N–H and O–H groups in total. The van der Waals surface area contributed by atoms with E-state index in [0.717, 1.165) is 0 Å². The third-order valence-electron chi connectivity index (χ3n) is 6.37. The van der Waals surface area contributed by atoms with Crippen LogP contribution in [0, 0.1) is 11.7 Å². The van der Waals surface area contributed by atoms with Crippen molar-refractivity contribution in [2.45, 2.75) is 26.0 Å². The predicted octanol–water partition coefficient (Wildman–Crippen LogP) is 3.06. The summed E-state index contributed by atoms with van der Waals surface area (Å²) in [5, 5.41) is 2.70. The molecule has 200 valence electrons. The second-order valence-corrected chi connectivity index (χ2v) is 9.23. The molecule has 0 fully saturated rings. The molecule has 2 aromatic rings. The highest BCUT2D eigenvalue weighted by atomic mass is 19.1. The number of hydrogen-bond donors (Lipinski definition) is 1. The molecule has 0 bridgehead atoms. The van der Waals surface area contributed by atoms with Crippen molar-refractivity contribution in [3.05, 3.63) is 59.4 Å². The minimum Gasteiger partial charge on any atom is -0.491 e. The standard InChI is InChI=1S/C27H34FN3O6/c1-17-13-31(27(34)20-8-6-7-9-22(20)28)18(2)15-37-23-12-19(29-25(32)16-35-4)10-11-21(23)26(33)30(3)14-24(17)36-5/h6-12,17-18,24H,13-16H2,1-5H3,(H,29,32)/t17-,18+,24-/m0/s1. The van der Waals surface area contributed by atoms with Gasteiger partial charge in [0, 0.05) is 52.0 Å². The summed E-state index contributed by atoms with van der Waals surface area (Å²) in [6.45, 7) is 4.16. The zero-order valence-corrected chi connectivity index (χ0v) is 21.8. The molecule has 0 aromatic heterocycles. The zero-order chi connectivity index (χ0) is 27.1. The van der Waals surface area contributed by atoms with Gasteiger partial charge in [0.25, 0.3) is 11.8 Å². The summed E-state index contributed by atoms with van der Waals surface area (Å²) < 4.78 is 31.1. The Bertz CT molecular complexity index is 1130. The number of anilines is 1. The quantitative estimate of drug-likeness (QED) is 0.658. The lowest BCUT2D eigenvalue weighted by Gasteiger charge is -2.36. The van der Waals surface area contributed by atoms with Crippen molar-refractivity contribution in [2.24, 2.45) is 5.92 Å². The minimum atomic E-state index is -0.602. The van der Waals surface area contributed by atoms with Crippen molar-refractivity contribution >= 4 is 23.4 Å². The van der Waals surface area contributed by atoms with Gasteiger partial charge in [0.2, 0.25) is 5.91 Å². The third-order valence-corrected chi connectivity index (χ3v) is 6.37. The zero-order valence-electron chi connectivity index (χ0n) is 21.8. The van der Waals surface area contributed by atoms with Crippen LogP contribution in [0.1, 0.15) is 34.6 Å². The molecular weight excluding hydrogens is 481 g/mol. The molecule has 10 heteroatoms. The maximum Gasteiger partial charge on any atom is 0.257 e. The Kier molecular flexibility index (Phi) is 9.60. The van der Waals surface area contributed by atoms with E-state index < -0.39 is 17.8 Å². The number of benzene rings is 2. The fourth-order valence-electron chi connectivity index (χ4n) is 4.25. The molecule has 37 heavy (non-hydrogen) atoms. The maximum atomic E-state index is 14.5. The van der Waals surface area contributed by atoms with Gasteiger partial charge in [-0.3, -0.25) is 14.4 Å². The van der Waals surface area contributed by atoms with Gasteiger partial charge >= 0.3 is 0 Å². The number of likely N-dealkylation sites (N-methyl/N-ethyl adjacent to an activating group) is 1. The highest BCUT2D eigenvalue weighted by molar-refractivity contribution is 5.98. The van der Waals surface area contributed by atoms with Crippen LogP contribution in [0.25, 0.3) is 0 Å². The van der Waals surface area contributed by atoms with Crippen LogP contribution >= 0.6 is 0 Å². The summed E-state index contributed by atoms with van der Waals surface area (Å²) in [7, 11) is 4.64. The smallest absolute Gasteiger partial charge is 0.257 e. The number of fused-ring (bicyclic) bond motifs is 1. The van der Waals surface area contributed by atoms with Crippen LogP contribution in [0.3, 0.4) is 0 Å². The van der Waals surface area contributed by atoms with E-state index in [0.29, 0.717) is 11.3 Å². The summed E-state index contributed by atoms with van der Waals surface area (Å²) >= 11 is 0. The summed E-state index contributed by atoms with van der Waals surface area (Å²) in [4.78, 5) is 41.9. The molecule has 3 amide bonds. The molecule has 0 unspecified atom stereocenters. The van der Waals surface area contributed by atoms with E-state index in [1.807, 2.05) is 6.92 Å². The van der Waals surface area contributed by atoms with Gasteiger partial charge in [-0.25, -0.2) is 4.39 Å². The van der Waals surface area contributed by atoms with Crippen molar-refractivity contribution in [3.8, 4) is 5.75 Å². The van der Waals surface area contributed by atoms with Gasteiger partial charge in [0.05, 0.1) is 23.3 Å². The van der Waals surface area contributed by atoms with Crippen molar-refractivity contribution in [3.63, 3.8) is 0 Å². The molecule has 1 aliphatic rings. The number of nitrogens with zero attached hydrogens (tertiary/aromatic N) is 2. The van der Waals surface area contributed by atoms with Gasteiger partial charge in [-0.2, -0.15) is 0 Å². The topological polar surface area (TPSA) is 97.4 Å². The van der Waals surface area contributed by atoms with Crippen molar-refractivity contribution < 1.29 is 33.0 Å². The second-order valence-electron chi connectivity index (χ2n) is 9.23. The van der Waals surface area contributed by atoms with Crippen LogP contribution in [-0.2, 0) is 14.3 Å². The molecule has 9 nitrogen and oxygen atoms in total. The van der Waals surface area contributed by atoms with E-state index in [2.05, 4.69) is 5.32 Å². The van der Waals surface area contributed by atoms with Gasteiger partial charge < -0.3 is 29.3 Å². The molecule has 0 saturated carbocycles. The summed E-state index contributed by atoms with van der Waals surface area (Å²) in [5.74, 6) is -1.61. The predicted molar refractivity (Wildman–Crippen MR) is 136 cm³/mol. The highest BCUT2D eigenvalue weighted by Gasteiger charge is 2.31. The number of halogens is 1. The maximum absolute atomic E-state index is 14.5. The van der Waals surface area contributed by atoms with E-state index in [1.54, 1.807) is 50.2 Å². The number of amides is 3. The fourth-order valence-corrected chi connectivity index (χ4v) is 4.25. The van der Waals surface area contributed by atoms with E-state index in [4.69, 9.17) is 14.2 Å². The first-order chi connectivity index (χ1) is 17.7. The SMILES string of the molecule is COCC(=O)Nc1ccc2c(c1)OC[C@@H](C)N(C(=O)c1ccccc1F)C[C@H](C)[C@@H](OC)CN(C)C2=O. The number of carbonyl (C=O) groups is 3. The molecule has 0 radical (unpaired) electrons. The first-order valence-corrected chi connectivity index (χ1v) is 12.1. The molecule has 2 aromatic carbocycles. The Hall–Kier alpha value is -3.50. The normalized spacial score (nSPS) is 20.8. The molecular formula is C27H34FN3O6. The van der Waals surface area contributed by atoms with Crippen LogP contribution in [0.15, 0.2) is 42.5 Å². The Labute approximate surface area is 216 Å². The third kappa shape index (κ3) is 6.84. The van der Waals surface area contributed by atoms with Crippen LogP contribution in [0.4, 0.5) is 10.1 Å². The Morgan fingerprint density at radius 3 is 2.54 bits per heavy atom. The van der Waals surface area contributed by atoms with Gasteiger partial charge in [-0.05, 0) is 31.2 Å². The van der Waals surface area contributed by atoms with Crippen LogP contribution in [0.2, 0.25) is 0 Å². The van der Waals surface area contributed by atoms with Gasteiger partial charge in [0.1, 0.15) is 24.8 Å². The van der Waals surface area contributed by atoms with Crippen LogP contribution in [0.5, 0.6) is 5.75 Å². The van der Waals surface area contributed by atoms with E-state index in [9.17, 15) is 18.8 Å². The Morgan fingerprint density at radius 1 is 1.14 bits per heavy atom. The summed E-state index contributed by atoms with van der Waals surface area (Å²) in [6.07, 6.45) is -0.381. The first kappa shape index (κ1) is 28.1. The van der Waals surface area contributed by atoms with Crippen LogP contribution in [-0.4, -0.2) is 87.2 Å². The lowest BCUT2D eigenvalue weighted by atomic mass is 10.0. The van der Waals surface area contributed by atoms with Crippen molar-refractivity contribution in [1.29, 1.82) is 0 Å². The molecule has 1 heterocycles. The van der Waals surface area contributed by atoms with Gasteiger partial charge in [-0.1, -0.05) is 19.1 Å². The van der Waals surface area contributed by atoms with Gasteiger partial charge in [-0.15, -0.1) is 0 Å². The van der Waals surface area contributed by atoms with Gasteiger partial charge in [0.15, 0.2) is 0 Å². The molecule has 1 aliphatic heterocycles. The van der Waals surface area contributed by atoms with Crippen LogP contribution < -0.4 is 10.1 Å².